The largest absolute Gasteiger partial charge is 0.396 e. The van der Waals surface area contributed by atoms with E-state index in [4.69, 9.17) is 5.11 Å². The molecular weight excluding hydrogens is 190 g/mol. The fourth-order valence-electron chi connectivity index (χ4n) is 3.14. The van der Waals surface area contributed by atoms with E-state index in [1.54, 1.807) is 0 Å². The highest BCUT2D eigenvalue weighted by Crippen LogP contribution is 2.36. The SMILES string of the molecule is O=C(CCCO)N1CCCC2CCCC21. The van der Waals surface area contributed by atoms with Crippen molar-refractivity contribution < 1.29 is 9.90 Å². The third-order valence-electron chi connectivity index (χ3n) is 3.86. The summed E-state index contributed by atoms with van der Waals surface area (Å²) < 4.78 is 0. The first kappa shape index (κ1) is 10.9. The first-order valence-electron chi connectivity index (χ1n) is 6.23. The standard InChI is InChI=1S/C12H21NO2/c14-9-3-7-12(15)13-8-2-5-10-4-1-6-11(10)13/h10-11,14H,1-9H2. The molecule has 1 N–H and O–H groups in total. The summed E-state index contributed by atoms with van der Waals surface area (Å²) in [6.45, 7) is 1.08. The maximum Gasteiger partial charge on any atom is 0.222 e. The molecule has 0 radical (unpaired) electrons. The number of aliphatic hydroxyl groups is 1. The van der Waals surface area contributed by atoms with Crippen LogP contribution >= 0.6 is 0 Å². The predicted molar refractivity (Wildman–Crippen MR) is 58.4 cm³/mol. The van der Waals surface area contributed by atoms with Crippen LogP contribution in [0.1, 0.15) is 44.9 Å². The van der Waals surface area contributed by atoms with Gasteiger partial charge in [-0.25, -0.2) is 0 Å². The number of aliphatic hydroxyl groups excluding tert-OH is 1. The molecular formula is C12H21NO2. The minimum absolute atomic E-state index is 0.133. The molecule has 15 heavy (non-hydrogen) atoms. The first-order chi connectivity index (χ1) is 7.33. The van der Waals surface area contributed by atoms with Gasteiger partial charge in [-0.05, 0) is 38.0 Å². The van der Waals surface area contributed by atoms with Crippen LogP contribution < -0.4 is 0 Å². The molecule has 0 spiro atoms. The van der Waals surface area contributed by atoms with Gasteiger partial charge in [0.2, 0.25) is 5.91 Å². The van der Waals surface area contributed by atoms with Crippen molar-refractivity contribution in [3.63, 3.8) is 0 Å². The van der Waals surface area contributed by atoms with E-state index in [0.29, 0.717) is 18.9 Å². The van der Waals surface area contributed by atoms with Gasteiger partial charge in [0, 0.05) is 25.6 Å². The van der Waals surface area contributed by atoms with E-state index >= 15 is 0 Å². The molecule has 0 aromatic heterocycles. The number of hydrogen-bond acceptors (Lipinski definition) is 2. The number of amides is 1. The Hall–Kier alpha value is -0.570. The van der Waals surface area contributed by atoms with Crippen molar-refractivity contribution in [1.82, 2.24) is 4.90 Å². The van der Waals surface area contributed by atoms with Crippen LogP contribution in [0.3, 0.4) is 0 Å². The van der Waals surface area contributed by atoms with Crippen LogP contribution in [0, 0.1) is 5.92 Å². The fourth-order valence-corrected chi connectivity index (χ4v) is 3.14. The van der Waals surface area contributed by atoms with Crippen LogP contribution in [0.4, 0.5) is 0 Å². The highest BCUT2D eigenvalue weighted by molar-refractivity contribution is 5.76. The molecule has 2 unspecified atom stereocenters. The Labute approximate surface area is 91.5 Å². The number of piperidine rings is 1. The summed E-state index contributed by atoms with van der Waals surface area (Å²) in [5, 5.41) is 8.73. The fraction of sp³-hybridized carbons (Fsp3) is 0.917. The molecule has 3 nitrogen and oxygen atoms in total. The van der Waals surface area contributed by atoms with E-state index < -0.39 is 0 Å². The Balaban J connectivity index is 1.92. The molecule has 1 amide bonds. The van der Waals surface area contributed by atoms with Crippen LogP contribution in [-0.4, -0.2) is 35.1 Å². The Bertz CT molecular complexity index is 230. The zero-order chi connectivity index (χ0) is 10.7. The molecule has 2 fully saturated rings. The smallest absolute Gasteiger partial charge is 0.222 e. The number of carbonyl (C=O) groups is 1. The van der Waals surface area contributed by atoms with Crippen molar-refractivity contribution in [2.24, 2.45) is 5.92 Å². The minimum Gasteiger partial charge on any atom is -0.396 e. The molecule has 2 atom stereocenters. The van der Waals surface area contributed by atoms with Crippen LogP contribution in [-0.2, 0) is 4.79 Å². The summed E-state index contributed by atoms with van der Waals surface area (Å²) in [4.78, 5) is 14.0. The lowest BCUT2D eigenvalue weighted by Gasteiger charge is -2.37. The maximum absolute atomic E-state index is 11.9. The summed E-state index contributed by atoms with van der Waals surface area (Å²) in [6.07, 6.45) is 7.44. The van der Waals surface area contributed by atoms with E-state index in [1.807, 2.05) is 0 Å². The van der Waals surface area contributed by atoms with Crippen molar-refractivity contribution in [3.8, 4) is 0 Å². The molecule has 1 aliphatic heterocycles. The third kappa shape index (κ3) is 2.33. The maximum atomic E-state index is 11.9. The number of fused-ring (bicyclic) bond motifs is 1. The van der Waals surface area contributed by atoms with E-state index in [1.165, 1.54) is 32.1 Å². The average Bonchev–Trinajstić information content (AvgIpc) is 2.73. The van der Waals surface area contributed by atoms with Gasteiger partial charge in [0.25, 0.3) is 0 Å². The van der Waals surface area contributed by atoms with Gasteiger partial charge in [0.05, 0.1) is 0 Å². The summed E-state index contributed by atoms with van der Waals surface area (Å²) in [7, 11) is 0. The lowest BCUT2D eigenvalue weighted by Crippen LogP contribution is -2.46. The summed E-state index contributed by atoms with van der Waals surface area (Å²) in [5.74, 6) is 1.04. The highest BCUT2D eigenvalue weighted by Gasteiger charge is 2.36. The normalized spacial score (nSPS) is 30.3. The van der Waals surface area contributed by atoms with Gasteiger partial charge in [-0.2, -0.15) is 0 Å². The second-order valence-electron chi connectivity index (χ2n) is 4.81. The average molecular weight is 211 g/mol. The number of likely N-dealkylation sites (tertiary alicyclic amines) is 1. The molecule has 0 bridgehead atoms. The minimum atomic E-state index is 0.133. The quantitative estimate of drug-likeness (QED) is 0.769. The lowest BCUT2D eigenvalue weighted by molar-refractivity contribution is -0.136. The van der Waals surface area contributed by atoms with Crippen LogP contribution in [0.15, 0.2) is 0 Å². The molecule has 1 saturated heterocycles. The van der Waals surface area contributed by atoms with Gasteiger partial charge in [-0.3, -0.25) is 4.79 Å². The van der Waals surface area contributed by atoms with E-state index in [-0.39, 0.29) is 12.5 Å². The second-order valence-corrected chi connectivity index (χ2v) is 4.81. The van der Waals surface area contributed by atoms with E-state index in [0.717, 1.165) is 12.5 Å². The molecule has 3 heteroatoms. The summed E-state index contributed by atoms with van der Waals surface area (Å²) in [6, 6.07) is 0.532. The van der Waals surface area contributed by atoms with Crippen LogP contribution in [0.5, 0.6) is 0 Å². The molecule has 0 aromatic carbocycles. The van der Waals surface area contributed by atoms with Gasteiger partial charge in [-0.15, -0.1) is 0 Å². The Morgan fingerprint density at radius 2 is 2.07 bits per heavy atom. The molecule has 0 aromatic rings. The van der Waals surface area contributed by atoms with Gasteiger partial charge in [0.15, 0.2) is 0 Å². The van der Waals surface area contributed by atoms with Crippen molar-refractivity contribution in [1.29, 1.82) is 0 Å². The number of carbonyl (C=O) groups excluding carboxylic acids is 1. The summed E-state index contributed by atoms with van der Waals surface area (Å²) >= 11 is 0. The highest BCUT2D eigenvalue weighted by atomic mass is 16.3. The van der Waals surface area contributed by atoms with Gasteiger partial charge >= 0.3 is 0 Å². The topological polar surface area (TPSA) is 40.5 Å². The van der Waals surface area contributed by atoms with E-state index in [9.17, 15) is 4.79 Å². The Kier molecular flexibility index (Phi) is 3.62. The monoisotopic (exact) mass is 211 g/mol. The van der Waals surface area contributed by atoms with Crippen molar-refractivity contribution in [2.45, 2.75) is 51.0 Å². The molecule has 1 saturated carbocycles. The molecule has 1 aliphatic carbocycles. The van der Waals surface area contributed by atoms with Crippen molar-refractivity contribution in [2.75, 3.05) is 13.2 Å². The Morgan fingerprint density at radius 3 is 2.87 bits per heavy atom. The third-order valence-corrected chi connectivity index (χ3v) is 3.86. The zero-order valence-electron chi connectivity index (χ0n) is 9.32. The van der Waals surface area contributed by atoms with Crippen LogP contribution in [0.2, 0.25) is 0 Å². The molecule has 1 heterocycles. The van der Waals surface area contributed by atoms with Gasteiger partial charge in [0.1, 0.15) is 0 Å². The van der Waals surface area contributed by atoms with Crippen molar-refractivity contribution >= 4 is 5.91 Å². The van der Waals surface area contributed by atoms with Gasteiger partial charge in [-0.1, -0.05) is 6.42 Å². The number of nitrogens with zero attached hydrogens (tertiary/aromatic N) is 1. The lowest BCUT2D eigenvalue weighted by atomic mass is 9.91. The van der Waals surface area contributed by atoms with Crippen LogP contribution in [0.25, 0.3) is 0 Å². The first-order valence-corrected chi connectivity index (χ1v) is 6.23. The van der Waals surface area contributed by atoms with Gasteiger partial charge < -0.3 is 10.0 Å². The molecule has 2 aliphatic rings. The Morgan fingerprint density at radius 1 is 1.27 bits per heavy atom. The van der Waals surface area contributed by atoms with Crippen molar-refractivity contribution in [3.05, 3.63) is 0 Å². The second kappa shape index (κ2) is 4.97. The number of rotatable bonds is 3. The van der Waals surface area contributed by atoms with E-state index in [2.05, 4.69) is 4.90 Å². The summed E-state index contributed by atoms with van der Waals surface area (Å²) in [5.41, 5.74) is 0. The molecule has 86 valence electrons. The zero-order valence-corrected chi connectivity index (χ0v) is 9.32. The predicted octanol–water partition coefficient (Wildman–Crippen LogP) is 1.55. The molecule has 2 rings (SSSR count). The number of hydrogen-bond donors (Lipinski definition) is 1.